The molecule has 0 saturated carbocycles. The first-order chi connectivity index (χ1) is 8.06. The summed E-state index contributed by atoms with van der Waals surface area (Å²) in [6.07, 6.45) is 1.14. The maximum atomic E-state index is 10.9. The summed E-state index contributed by atoms with van der Waals surface area (Å²) in [6, 6.07) is 5.88. The highest BCUT2D eigenvalue weighted by atomic mass is 16.4. The second kappa shape index (κ2) is 4.75. The lowest BCUT2D eigenvalue weighted by Crippen LogP contribution is -2.23. The molecule has 1 saturated heterocycles. The summed E-state index contributed by atoms with van der Waals surface area (Å²) in [5, 5.41) is 12.4. The van der Waals surface area contributed by atoms with Crippen LogP contribution in [0.2, 0.25) is 0 Å². The minimum Gasteiger partial charge on any atom is -0.478 e. The number of aromatic carboxylic acids is 1. The summed E-state index contributed by atoms with van der Waals surface area (Å²) in [6.45, 7) is 3.99. The van der Waals surface area contributed by atoms with Crippen LogP contribution in [0.4, 0.5) is 5.69 Å². The Balaban J connectivity index is 2.07. The van der Waals surface area contributed by atoms with Gasteiger partial charge in [0.1, 0.15) is 0 Å². The predicted molar refractivity (Wildman–Crippen MR) is 67.7 cm³/mol. The first kappa shape index (κ1) is 11.9. The van der Waals surface area contributed by atoms with Gasteiger partial charge in [0.05, 0.1) is 5.56 Å². The van der Waals surface area contributed by atoms with Gasteiger partial charge in [0.25, 0.3) is 0 Å². The topological polar surface area (TPSA) is 52.6 Å². The van der Waals surface area contributed by atoms with Crippen molar-refractivity contribution >= 4 is 11.7 Å². The molecule has 1 aliphatic rings. The fourth-order valence-corrected chi connectivity index (χ4v) is 2.28. The Labute approximate surface area is 101 Å². The molecule has 4 heteroatoms. The molecule has 2 rings (SSSR count). The number of carbonyl (C=O) groups is 1. The standard InChI is InChI=1S/C13H18N2O2/c1-9-7-10(3-4-12(9)13(16)17)14-11-5-6-15(2)8-11/h3-4,7,11,14H,5-6,8H2,1-2H3,(H,16,17). The number of nitrogens with one attached hydrogen (secondary N) is 1. The molecule has 0 aliphatic carbocycles. The van der Waals surface area contributed by atoms with E-state index in [0.717, 1.165) is 30.8 Å². The van der Waals surface area contributed by atoms with Gasteiger partial charge >= 0.3 is 5.97 Å². The Hall–Kier alpha value is -1.55. The van der Waals surface area contributed by atoms with Gasteiger partial charge in [-0.15, -0.1) is 0 Å². The van der Waals surface area contributed by atoms with Crippen LogP contribution in [0.3, 0.4) is 0 Å². The van der Waals surface area contributed by atoms with Crippen molar-refractivity contribution in [3.05, 3.63) is 29.3 Å². The summed E-state index contributed by atoms with van der Waals surface area (Å²) in [7, 11) is 2.11. The van der Waals surface area contributed by atoms with Crippen molar-refractivity contribution in [1.29, 1.82) is 0 Å². The van der Waals surface area contributed by atoms with Crippen molar-refractivity contribution in [2.45, 2.75) is 19.4 Å². The average molecular weight is 234 g/mol. The van der Waals surface area contributed by atoms with Crippen LogP contribution in [0.15, 0.2) is 18.2 Å². The van der Waals surface area contributed by atoms with Crippen molar-refractivity contribution in [3.63, 3.8) is 0 Å². The lowest BCUT2D eigenvalue weighted by molar-refractivity contribution is 0.0696. The number of likely N-dealkylation sites (N-methyl/N-ethyl adjacent to an activating group) is 1. The Morgan fingerprint density at radius 2 is 2.29 bits per heavy atom. The maximum absolute atomic E-state index is 10.9. The number of hydrogen-bond acceptors (Lipinski definition) is 3. The molecule has 0 radical (unpaired) electrons. The van der Waals surface area contributed by atoms with Crippen LogP contribution in [0.1, 0.15) is 22.3 Å². The van der Waals surface area contributed by atoms with Gasteiger partial charge in [0, 0.05) is 18.3 Å². The van der Waals surface area contributed by atoms with Gasteiger partial charge in [-0.1, -0.05) is 0 Å². The van der Waals surface area contributed by atoms with E-state index < -0.39 is 5.97 Å². The molecule has 1 aromatic rings. The van der Waals surface area contributed by atoms with E-state index in [-0.39, 0.29) is 0 Å². The molecule has 1 atom stereocenters. The molecule has 1 aliphatic heterocycles. The molecular weight excluding hydrogens is 216 g/mol. The Kier molecular flexibility index (Phi) is 3.33. The third kappa shape index (κ3) is 2.77. The van der Waals surface area contributed by atoms with Crippen LogP contribution >= 0.6 is 0 Å². The van der Waals surface area contributed by atoms with Gasteiger partial charge < -0.3 is 15.3 Å². The SMILES string of the molecule is Cc1cc(NC2CCN(C)C2)ccc1C(=O)O. The van der Waals surface area contributed by atoms with Gasteiger partial charge in [0.2, 0.25) is 0 Å². The van der Waals surface area contributed by atoms with Crippen molar-refractivity contribution in [3.8, 4) is 0 Å². The minimum atomic E-state index is -0.866. The lowest BCUT2D eigenvalue weighted by Gasteiger charge is -2.15. The summed E-state index contributed by atoms with van der Waals surface area (Å²) in [4.78, 5) is 13.2. The molecule has 1 unspecified atom stereocenters. The molecular formula is C13H18N2O2. The molecule has 0 aromatic heterocycles. The number of hydrogen-bond donors (Lipinski definition) is 2. The number of carboxylic acid groups (broad SMARTS) is 1. The van der Waals surface area contributed by atoms with E-state index in [4.69, 9.17) is 5.11 Å². The molecule has 0 spiro atoms. The highest BCUT2D eigenvalue weighted by Gasteiger charge is 2.19. The van der Waals surface area contributed by atoms with Crippen LogP contribution < -0.4 is 5.32 Å². The van der Waals surface area contributed by atoms with E-state index in [1.54, 1.807) is 6.07 Å². The molecule has 2 N–H and O–H groups in total. The van der Waals surface area contributed by atoms with E-state index in [2.05, 4.69) is 17.3 Å². The van der Waals surface area contributed by atoms with E-state index in [0.29, 0.717) is 11.6 Å². The molecule has 0 amide bonds. The fraction of sp³-hybridized carbons (Fsp3) is 0.462. The summed E-state index contributed by atoms with van der Waals surface area (Å²) >= 11 is 0. The number of nitrogens with zero attached hydrogens (tertiary/aromatic N) is 1. The van der Waals surface area contributed by atoms with Gasteiger partial charge in [-0.25, -0.2) is 4.79 Å². The van der Waals surface area contributed by atoms with Crippen LogP contribution in [0.25, 0.3) is 0 Å². The van der Waals surface area contributed by atoms with Crippen molar-refractivity contribution in [1.82, 2.24) is 4.90 Å². The van der Waals surface area contributed by atoms with E-state index >= 15 is 0 Å². The van der Waals surface area contributed by atoms with Crippen LogP contribution in [0, 0.1) is 6.92 Å². The molecule has 0 bridgehead atoms. The zero-order valence-electron chi connectivity index (χ0n) is 10.2. The van der Waals surface area contributed by atoms with E-state index in [1.165, 1.54) is 0 Å². The maximum Gasteiger partial charge on any atom is 0.335 e. The van der Waals surface area contributed by atoms with Crippen molar-refractivity contribution in [2.75, 3.05) is 25.5 Å². The van der Waals surface area contributed by atoms with Gasteiger partial charge in [0.15, 0.2) is 0 Å². The molecule has 1 aromatic carbocycles. The molecule has 92 valence electrons. The molecule has 1 heterocycles. The van der Waals surface area contributed by atoms with Gasteiger partial charge in [-0.2, -0.15) is 0 Å². The molecule has 17 heavy (non-hydrogen) atoms. The second-order valence-electron chi connectivity index (χ2n) is 4.73. The molecule has 1 fully saturated rings. The smallest absolute Gasteiger partial charge is 0.335 e. The van der Waals surface area contributed by atoms with Gasteiger partial charge in [-0.05, 0) is 50.7 Å². The number of benzene rings is 1. The Morgan fingerprint density at radius 1 is 1.53 bits per heavy atom. The highest BCUT2D eigenvalue weighted by Crippen LogP contribution is 2.18. The quantitative estimate of drug-likeness (QED) is 0.837. The Bertz CT molecular complexity index is 431. The number of anilines is 1. The highest BCUT2D eigenvalue weighted by molar-refractivity contribution is 5.89. The van der Waals surface area contributed by atoms with Crippen LogP contribution in [0.5, 0.6) is 0 Å². The van der Waals surface area contributed by atoms with Gasteiger partial charge in [-0.3, -0.25) is 0 Å². The molecule has 4 nitrogen and oxygen atoms in total. The second-order valence-corrected chi connectivity index (χ2v) is 4.73. The van der Waals surface area contributed by atoms with Crippen LogP contribution in [-0.4, -0.2) is 42.2 Å². The van der Waals surface area contributed by atoms with Crippen LogP contribution in [-0.2, 0) is 0 Å². The third-order valence-corrected chi connectivity index (χ3v) is 3.22. The Morgan fingerprint density at radius 3 is 2.82 bits per heavy atom. The van der Waals surface area contributed by atoms with Crippen molar-refractivity contribution in [2.24, 2.45) is 0 Å². The largest absolute Gasteiger partial charge is 0.478 e. The summed E-state index contributed by atoms with van der Waals surface area (Å²) in [5.41, 5.74) is 2.18. The van der Waals surface area contributed by atoms with Crippen molar-refractivity contribution < 1.29 is 9.90 Å². The normalized spacial score (nSPS) is 20.5. The average Bonchev–Trinajstić information content (AvgIpc) is 2.63. The number of likely N-dealkylation sites (tertiary alicyclic amines) is 1. The first-order valence-electron chi connectivity index (χ1n) is 5.85. The van der Waals surface area contributed by atoms with E-state index in [1.807, 2.05) is 19.1 Å². The monoisotopic (exact) mass is 234 g/mol. The predicted octanol–water partition coefficient (Wildman–Crippen LogP) is 1.81. The van der Waals surface area contributed by atoms with E-state index in [9.17, 15) is 4.79 Å². The zero-order chi connectivity index (χ0) is 12.4. The zero-order valence-corrected chi connectivity index (χ0v) is 10.2. The number of carboxylic acids is 1. The minimum absolute atomic E-state index is 0.374. The first-order valence-corrected chi connectivity index (χ1v) is 5.85. The summed E-state index contributed by atoms with van der Waals surface area (Å²) in [5.74, 6) is -0.866. The number of aryl methyl sites for hydroxylation is 1. The summed E-state index contributed by atoms with van der Waals surface area (Å²) < 4.78 is 0. The fourth-order valence-electron chi connectivity index (χ4n) is 2.28. The number of rotatable bonds is 3. The third-order valence-electron chi connectivity index (χ3n) is 3.22. The lowest BCUT2D eigenvalue weighted by atomic mass is 10.1.